The third-order valence-corrected chi connectivity index (χ3v) is 4.60. The number of likely N-dealkylation sites (N-methyl/N-ethyl adjacent to an activating group) is 1. The van der Waals surface area contributed by atoms with Crippen molar-refractivity contribution in [3.05, 3.63) is 29.8 Å². The van der Waals surface area contributed by atoms with Gasteiger partial charge in [0.25, 0.3) is 0 Å². The highest BCUT2D eigenvalue weighted by Crippen LogP contribution is 2.29. The molecule has 1 aromatic carbocycles. The molecule has 0 unspecified atom stereocenters. The van der Waals surface area contributed by atoms with Crippen LogP contribution in [0, 0.1) is 0 Å². The number of morpholine rings is 1. The van der Waals surface area contributed by atoms with Crippen LogP contribution in [-0.4, -0.2) is 62.3 Å². The van der Waals surface area contributed by atoms with Gasteiger partial charge in [0.05, 0.1) is 19.3 Å². The first-order valence-electron chi connectivity index (χ1n) is 7.87. The van der Waals surface area contributed by atoms with Gasteiger partial charge in [-0.2, -0.15) is 0 Å². The van der Waals surface area contributed by atoms with Gasteiger partial charge in [0.2, 0.25) is 0 Å². The lowest BCUT2D eigenvalue weighted by molar-refractivity contribution is -0.138. The molecule has 3 rings (SSSR count). The van der Waals surface area contributed by atoms with Crippen molar-refractivity contribution in [2.75, 3.05) is 46.9 Å². The first-order valence-corrected chi connectivity index (χ1v) is 7.87. The van der Waals surface area contributed by atoms with E-state index in [0.717, 1.165) is 38.5 Å². The molecule has 4 nitrogen and oxygen atoms in total. The van der Waals surface area contributed by atoms with Crippen LogP contribution in [0.3, 0.4) is 0 Å². The number of nitrogens with zero attached hydrogens (tertiary/aromatic N) is 2. The molecule has 0 bridgehead atoms. The van der Waals surface area contributed by atoms with Gasteiger partial charge in [-0.15, -0.1) is 0 Å². The standard InChI is InChI=1S/C17H26N2O2/c1-18-8-4-7-17(13-18)14-19(9-10-21-17)12-15-5-3-6-16(11-15)20-2/h3,5-6,11H,4,7-10,12-14H2,1-2H3/t17-/m1/s1. The molecule has 1 aromatic rings. The number of methoxy groups -OCH3 is 1. The maximum absolute atomic E-state index is 6.18. The van der Waals surface area contributed by atoms with E-state index in [1.807, 2.05) is 6.07 Å². The van der Waals surface area contributed by atoms with E-state index >= 15 is 0 Å². The minimum absolute atomic E-state index is 0.0458. The number of piperidine rings is 1. The van der Waals surface area contributed by atoms with E-state index in [4.69, 9.17) is 9.47 Å². The Balaban J connectivity index is 1.65. The van der Waals surface area contributed by atoms with Crippen LogP contribution in [0.25, 0.3) is 0 Å². The fourth-order valence-corrected chi connectivity index (χ4v) is 3.66. The average molecular weight is 290 g/mol. The lowest BCUT2D eigenvalue weighted by atomic mass is 9.91. The lowest BCUT2D eigenvalue weighted by Crippen LogP contribution is -2.58. The zero-order valence-electron chi connectivity index (χ0n) is 13.2. The topological polar surface area (TPSA) is 24.9 Å². The molecule has 2 aliphatic rings. The molecule has 4 heteroatoms. The van der Waals surface area contributed by atoms with E-state index in [0.29, 0.717) is 0 Å². The molecular formula is C17H26N2O2. The smallest absolute Gasteiger partial charge is 0.119 e. The summed E-state index contributed by atoms with van der Waals surface area (Å²) in [6.45, 7) is 6.13. The number of rotatable bonds is 3. The monoisotopic (exact) mass is 290 g/mol. The van der Waals surface area contributed by atoms with Crippen LogP contribution in [0.5, 0.6) is 5.75 Å². The highest BCUT2D eigenvalue weighted by Gasteiger charge is 2.39. The summed E-state index contributed by atoms with van der Waals surface area (Å²) in [5, 5.41) is 0. The molecule has 2 heterocycles. The third kappa shape index (κ3) is 3.57. The second-order valence-corrected chi connectivity index (χ2v) is 6.43. The van der Waals surface area contributed by atoms with E-state index < -0.39 is 0 Å². The van der Waals surface area contributed by atoms with E-state index in [1.165, 1.54) is 24.9 Å². The molecule has 0 amide bonds. The summed E-state index contributed by atoms with van der Waals surface area (Å²) in [6, 6.07) is 8.38. The second-order valence-electron chi connectivity index (χ2n) is 6.43. The molecule has 1 spiro atoms. The zero-order valence-corrected chi connectivity index (χ0v) is 13.2. The van der Waals surface area contributed by atoms with Gasteiger partial charge in [0.15, 0.2) is 0 Å². The molecule has 2 fully saturated rings. The van der Waals surface area contributed by atoms with Crippen LogP contribution in [0.2, 0.25) is 0 Å². The Hall–Kier alpha value is -1.10. The van der Waals surface area contributed by atoms with Crippen molar-refractivity contribution >= 4 is 0 Å². The van der Waals surface area contributed by atoms with Crippen LogP contribution < -0.4 is 4.74 Å². The van der Waals surface area contributed by atoms with Gasteiger partial charge in [0.1, 0.15) is 5.75 Å². The van der Waals surface area contributed by atoms with Gasteiger partial charge >= 0.3 is 0 Å². The van der Waals surface area contributed by atoms with Crippen molar-refractivity contribution in [3.8, 4) is 5.75 Å². The summed E-state index contributed by atoms with van der Waals surface area (Å²) in [7, 11) is 3.92. The van der Waals surface area contributed by atoms with Crippen LogP contribution in [0.15, 0.2) is 24.3 Å². The molecular weight excluding hydrogens is 264 g/mol. The largest absolute Gasteiger partial charge is 0.497 e. The number of ether oxygens (including phenoxy) is 2. The number of hydrogen-bond acceptors (Lipinski definition) is 4. The van der Waals surface area contributed by atoms with Gasteiger partial charge in [-0.1, -0.05) is 12.1 Å². The van der Waals surface area contributed by atoms with Crippen LogP contribution in [0.4, 0.5) is 0 Å². The van der Waals surface area contributed by atoms with Gasteiger partial charge in [-0.05, 0) is 44.1 Å². The summed E-state index contributed by atoms with van der Waals surface area (Å²) in [5.41, 5.74) is 1.36. The first-order chi connectivity index (χ1) is 10.2. The average Bonchev–Trinajstić information content (AvgIpc) is 2.47. The highest BCUT2D eigenvalue weighted by atomic mass is 16.5. The van der Waals surface area contributed by atoms with Crippen molar-refractivity contribution in [2.24, 2.45) is 0 Å². The summed E-state index contributed by atoms with van der Waals surface area (Å²) in [4.78, 5) is 4.93. The van der Waals surface area contributed by atoms with Crippen molar-refractivity contribution in [2.45, 2.75) is 25.0 Å². The number of benzene rings is 1. The third-order valence-electron chi connectivity index (χ3n) is 4.60. The van der Waals surface area contributed by atoms with E-state index in [1.54, 1.807) is 7.11 Å². The summed E-state index contributed by atoms with van der Waals surface area (Å²) in [6.07, 6.45) is 2.43. The maximum Gasteiger partial charge on any atom is 0.119 e. The molecule has 0 aromatic heterocycles. The normalized spacial score (nSPS) is 27.9. The van der Waals surface area contributed by atoms with Crippen molar-refractivity contribution < 1.29 is 9.47 Å². The van der Waals surface area contributed by atoms with E-state index in [2.05, 4.69) is 35.0 Å². The molecule has 0 radical (unpaired) electrons. The van der Waals surface area contributed by atoms with Crippen LogP contribution in [-0.2, 0) is 11.3 Å². The molecule has 0 aliphatic carbocycles. The lowest BCUT2D eigenvalue weighted by Gasteiger charge is -2.47. The summed E-state index contributed by atoms with van der Waals surface area (Å²) >= 11 is 0. The Bertz CT molecular complexity index is 476. The van der Waals surface area contributed by atoms with Crippen LogP contribution in [0.1, 0.15) is 18.4 Å². The van der Waals surface area contributed by atoms with Gasteiger partial charge in [0, 0.05) is 26.2 Å². The maximum atomic E-state index is 6.18. The molecule has 21 heavy (non-hydrogen) atoms. The number of likely N-dealkylation sites (tertiary alicyclic amines) is 1. The van der Waals surface area contributed by atoms with Gasteiger partial charge in [-0.25, -0.2) is 0 Å². The predicted molar refractivity (Wildman–Crippen MR) is 83.7 cm³/mol. The Kier molecular flexibility index (Phi) is 4.48. The SMILES string of the molecule is COc1cccc(CN2CCO[C@@]3(CCCN(C)C3)C2)c1. The van der Waals surface area contributed by atoms with E-state index in [9.17, 15) is 0 Å². The zero-order chi connectivity index (χ0) is 14.7. The fourth-order valence-electron chi connectivity index (χ4n) is 3.66. The van der Waals surface area contributed by atoms with E-state index in [-0.39, 0.29) is 5.60 Å². The van der Waals surface area contributed by atoms with Crippen molar-refractivity contribution in [1.29, 1.82) is 0 Å². The summed E-state index contributed by atoms with van der Waals surface area (Å²) < 4.78 is 11.5. The fraction of sp³-hybridized carbons (Fsp3) is 0.647. The summed E-state index contributed by atoms with van der Waals surface area (Å²) in [5.74, 6) is 0.938. The molecule has 1 atom stereocenters. The highest BCUT2D eigenvalue weighted by molar-refractivity contribution is 5.28. The second kappa shape index (κ2) is 6.34. The quantitative estimate of drug-likeness (QED) is 0.850. The Morgan fingerprint density at radius 3 is 3.00 bits per heavy atom. The van der Waals surface area contributed by atoms with Gasteiger partial charge in [-0.3, -0.25) is 4.90 Å². The Morgan fingerprint density at radius 2 is 2.19 bits per heavy atom. The molecule has 0 N–H and O–H groups in total. The molecule has 116 valence electrons. The molecule has 0 saturated carbocycles. The first kappa shape index (κ1) is 14.8. The van der Waals surface area contributed by atoms with Crippen molar-refractivity contribution in [1.82, 2.24) is 9.80 Å². The minimum atomic E-state index is 0.0458. The number of hydrogen-bond donors (Lipinski definition) is 0. The Labute approximate surface area is 127 Å². The molecule has 2 aliphatic heterocycles. The van der Waals surface area contributed by atoms with Gasteiger partial charge < -0.3 is 14.4 Å². The Morgan fingerprint density at radius 1 is 1.29 bits per heavy atom. The minimum Gasteiger partial charge on any atom is -0.497 e. The van der Waals surface area contributed by atoms with Crippen LogP contribution >= 0.6 is 0 Å². The molecule has 2 saturated heterocycles. The van der Waals surface area contributed by atoms with Crippen molar-refractivity contribution in [3.63, 3.8) is 0 Å². The predicted octanol–water partition coefficient (Wildman–Crippen LogP) is 1.99.